The molecule has 20 valence electrons. The van der Waals surface area contributed by atoms with Gasteiger partial charge in [-0.15, -0.1) is 0 Å². The molecule has 0 heterocycles. The van der Waals surface area contributed by atoms with Crippen LogP contribution in [0.1, 0.15) is 0 Å². The normalized spacial score (nSPS) is 1.00. The predicted molar refractivity (Wildman–Crippen MR) is 16.4 cm³/mol. The average Bonchev–Trinajstić information content (AvgIpc) is 1.00. The molecule has 4 heavy (non-hydrogen) atoms. The smallest absolute Gasteiger partial charge is 0 e. The fraction of sp³-hybridized carbons (Fsp3) is 0. The third kappa shape index (κ3) is 8.94. The van der Waals surface area contributed by atoms with Gasteiger partial charge in [-0.2, -0.15) is 0 Å². The van der Waals surface area contributed by atoms with Crippen LogP contribution in [-0.2, 0) is 22.6 Å². The minimum absolute atomic E-state index is 0. The van der Waals surface area contributed by atoms with Crippen LogP contribution in [0.15, 0.2) is 0 Å². The van der Waals surface area contributed by atoms with Gasteiger partial charge in [0.1, 0.15) is 0 Å². The largest absolute Gasteiger partial charge is 0 e. The molecule has 0 amide bonds. The summed E-state index contributed by atoms with van der Waals surface area (Å²) in [5, 5.41) is 0. The molecule has 0 aromatic heterocycles. The second-order valence-corrected chi connectivity index (χ2v) is 0. The summed E-state index contributed by atoms with van der Waals surface area (Å²) in [4.78, 5) is 0. The van der Waals surface area contributed by atoms with Crippen molar-refractivity contribution in [1.82, 2.24) is 0 Å². The van der Waals surface area contributed by atoms with Crippen molar-refractivity contribution in [2.45, 2.75) is 0 Å². The molecule has 0 fully saturated rings. The van der Waals surface area contributed by atoms with Crippen LogP contribution in [0, 0.1) is 0 Å². The third-order valence-electron chi connectivity index (χ3n) is 0. The summed E-state index contributed by atoms with van der Waals surface area (Å²) in [7, 11) is 0. The van der Waals surface area contributed by atoms with Crippen molar-refractivity contribution >= 4 is 48.1 Å². The predicted octanol–water partition coefficient (Wildman–Crippen LogP) is -1.69. The Hall–Kier alpha value is 2.08. The first kappa shape index (κ1) is 16.5. The molecule has 4 heteroatoms. The van der Waals surface area contributed by atoms with E-state index < -0.39 is 0 Å². The average molecular weight is 327 g/mol. The minimum Gasteiger partial charge on any atom is 0 e. The second kappa shape index (κ2) is 19.5. The third-order valence-corrected chi connectivity index (χ3v) is 0. The molecule has 1 nitrogen and oxygen atoms in total. The first-order chi connectivity index (χ1) is 1.00. The molecule has 0 unspecified atom stereocenters. The van der Waals surface area contributed by atoms with E-state index in [1.54, 1.807) is 0 Å². The summed E-state index contributed by atoms with van der Waals surface area (Å²) < 4.78 is 8.26. The van der Waals surface area contributed by atoms with Gasteiger partial charge >= 0.3 is 51.2 Å². The number of hydrogen-bond donors (Lipinski definition) is 0. The Kier molecular flexibility index (Phi) is 80.7. The summed E-state index contributed by atoms with van der Waals surface area (Å²) in [6, 6.07) is 0. The topological polar surface area (TPSA) is 17.1 Å². The van der Waals surface area contributed by atoms with Gasteiger partial charge in [-0.25, -0.2) is 0 Å². The molecule has 0 aromatic rings. The van der Waals surface area contributed by atoms with E-state index >= 15 is 0 Å². The molecule has 0 radical (unpaired) electrons. The van der Waals surface area contributed by atoms with Crippen LogP contribution < -0.4 is 0 Å². The molecule has 0 aliphatic carbocycles. The molecule has 0 aliphatic rings. The fourth-order valence-corrected chi connectivity index (χ4v) is 0. The molecule has 0 atom stereocenters. The molecule has 0 spiro atoms. The van der Waals surface area contributed by atoms with Crippen LogP contribution in [0.2, 0.25) is 0 Å². The van der Waals surface area contributed by atoms with Gasteiger partial charge in [0, 0.05) is 19.5 Å². The van der Waals surface area contributed by atoms with Crippen LogP contribution >= 0.6 is 0 Å². The Balaban J connectivity index is -0.00000000500. The zero-order chi connectivity index (χ0) is 2.00. The first-order valence-corrected chi connectivity index (χ1v) is 1.12. The van der Waals surface area contributed by atoms with E-state index in [0.717, 1.165) is 0 Å². The molecule has 0 N–H and O–H groups in total. The van der Waals surface area contributed by atoms with E-state index in [0.29, 0.717) is 22.3 Å². The molecule has 0 saturated heterocycles. The molecular formula is H3InOTeZn. The van der Waals surface area contributed by atoms with E-state index in [1.165, 1.54) is 0 Å². The van der Waals surface area contributed by atoms with Crippen molar-refractivity contribution in [2.24, 2.45) is 0 Å². The standard InChI is InChI=1S/In.OTe.Zn.3H/c;1-2;;;;. The van der Waals surface area contributed by atoms with Crippen molar-refractivity contribution in [3.05, 3.63) is 0 Å². The van der Waals surface area contributed by atoms with Crippen LogP contribution in [0.5, 0.6) is 0 Å². The summed E-state index contributed by atoms with van der Waals surface area (Å²) in [6.07, 6.45) is 0. The Morgan fingerprint density at radius 2 is 1.25 bits per heavy atom. The van der Waals surface area contributed by atoms with E-state index in [2.05, 4.69) is 0 Å². The van der Waals surface area contributed by atoms with Gasteiger partial charge in [0.05, 0.1) is 0 Å². The molecular weight excluding hydrogens is 324 g/mol. The van der Waals surface area contributed by atoms with Crippen molar-refractivity contribution in [3.63, 3.8) is 0 Å². The monoisotopic (exact) mass is 328 g/mol. The number of rotatable bonds is 0. The molecule has 0 rings (SSSR count). The van der Waals surface area contributed by atoms with Crippen LogP contribution in [0.25, 0.3) is 0 Å². The van der Waals surface area contributed by atoms with Crippen molar-refractivity contribution in [1.29, 1.82) is 0 Å². The SMILES string of the molecule is O=[Te].[InH3].[Zn]. The van der Waals surface area contributed by atoms with Gasteiger partial charge in [-0.1, -0.05) is 0 Å². The van der Waals surface area contributed by atoms with E-state index in [-0.39, 0.29) is 45.3 Å². The Labute approximate surface area is 69.7 Å². The fourth-order valence-electron chi connectivity index (χ4n) is 0. The summed E-state index contributed by atoms with van der Waals surface area (Å²) >= 11 is 0.700. The quantitative estimate of drug-likeness (QED) is 0.486. The van der Waals surface area contributed by atoms with Gasteiger partial charge in [0.15, 0.2) is 0 Å². The van der Waals surface area contributed by atoms with Crippen LogP contribution in [-0.4, -0.2) is 48.1 Å². The maximum atomic E-state index is 8.26. The summed E-state index contributed by atoms with van der Waals surface area (Å²) in [6.45, 7) is 0. The van der Waals surface area contributed by atoms with Gasteiger partial charge in [0.2, 0.25) is 0 Å². The first-order valence-electron chi connectivity index (χ1n) is 0.167. The van der Waals surface area contributed by atoms with Gasteiger partial charge in [-0.05, 0) is 0 Å². The molecule has 0 aromatic carbocycles. The van der Waals surface area contributed by atoms with E-state index in [1.807, 2.05) is 0 Å². The van der Waals surface area contributed by atoms with Crippen molar-refractivity contribution < 1.29 is 22.6 Å². The Bertz CT molecular complexity index is 8.00. The van der Waals surface area contributed by atoms with E-state index in [4.69, 9.17) is 3.10 Å². The molecule has 0 saturated carbocycles. The number of hydrogen-bond acceptors (Lipinski definition) is 1. The summed E-state index contributed by atoms with van der Waals surface area (Å²) in [5.41, 5.74) is 0. The van der Waals surface area contributed by atoms with Gasteiger partial charge in [0.25, 0.3) is 0 Å². The zero-order valence-electron chi connectivity index (χ0n) is 1.52. The minimum atomic E-state index is 0. The van der Waals surface area contributed by atoms with Gasteiger partial charge < -0.3 is 0 Å². The summed E-state index contributed by atoms with van der Waals surface area (Å²) in [5.74, 6) is 0. The van der Waals surface area contributed by atoms with Crippen LogP contribution in [0.3, 0.4) is 0 Å². The maximum Gasteiger partial charge on any atom is 0 e. The van der Waals surface area contributed by atoms with E-state index in [9.17, 15) is 0 Å². The van der Waals surface area contributed by atoms with Crippen molar-refractivity contribution in [2.75, 3.05) is 0 Å². The van der Waals surface area contributed by atoms with Crippen molar-refractivity contribution in [3.8, 4) is 0 Å². The molecule has 0 bridgehead atoms. The Morgan fingerprint density at radius 3 is 1.25 bits per heavy atom. The maximum absolute atomic E-state index is 8.26. The molecule has 0 aliphatic heterocycles. The zero-order valence-corrected chi connectivity index (χ0v) is 6.82. The second-order valence-electron chi connectivity index (χ2n) is 0. The van der Waals surface area contributed by atoms with Gasteiger partial charge in [-0.3, -0.25) is 0 Å². The van der Waals surface area contributed by atoms with Crippen LogP contribution in [0.4, 0.5) is 0 Å². The Morgan fingerprint density at radius 1 is 1.25 bits per heavy atom.